The molecule has 0 radical (unpaired) electrons. The first-order valence-electron chi connectivity index (χ1n) is 9.67. The SMILES string of the molecule is O=C(NC1CNCCO1)Oc1ccc2c(ccn2CCCc2ccncc2F)c1. The van der Waals surface area contributed by atoms with Gasteiger partial charge in [-0.25, -0.2) is 9.18 Å². The van der Waals surface area contributed by atoms with Crippen LogP contribution in [0.5, 0.6) is 5.75 Å². The maximum atomic E-state index is 13.7. The Labute approximate surface area is 167 Å². The van der Waals surface area contributed by atoms with E-state index in [-0.39, 0.29) is 12.0 Å². The standard InChI is InChI=1S/C21H23FN4O3/c22-18-13-23-7-5-15(18)2-1-9-26-10-6-16-12-17(3-4-19(16)26)29-21(27)25-20-14-24-8-11-28-20/h3-7,10,12-13,20,24H,1-2,8-9,11,14H2,(H,25,27). The molecule has 1 atom stereocenters. The van der Waals surface area contributed by atoms with E-state index >= 15 is 0 Å². The molecule has 4 rings (SSSR count). The number of carbonyl (C=O) groups is 1. The molecule has 3 aromatic rings. The summed E-state index contributed by atoms with van der Waals surface area (Å²) in [5.41, 5.74) is 1.71. The third kappa shape index (κ3) is 4.90. The van der Waals surface area contributed by atoms with E-state index in [4.69, 9.17) is 9.47 Å². The summed E-state index contributed by atoms with van der Waals surface area (Å²) in [6.45, 7) is 2.65. The summed E-state index contributed by atoms with van der Waals surface area (Å²) < 4.78 is 26.6. The number of aromatic nitrogens is 2. The largest absolute Gasteiger partial charge is 0.414 e. The monoisotopic (exact) mass is 398 g/mol. The first-order valence-corrected chi connectivity index (χ1v) is 9.67. The maximum Gasteiger partial charge on any atom is 0.414 e. The third-order valence-corrected chi connectivity index (χ3v) is 4.86. The van der Waals surface area contributed by atoms with Gasteiger partial charge in [0, 0.05) is 42.9 Å². The van der Waals surface area contributed by atoms with Gasteiger partial charge in [0.2, 0.25) is 0 Å². The van der Waals surface area contributed by atoms with Crippen molar-refractivity contribution in [3.8, 4) is 5.75 Å². The van der Waals surface area contributed by atoms with Crippen LogP contribution >= 0.6 is 0 Å². The molecule has 1 unspecified atom stereocenters. The Kier molecular flexibility index (Phi) is 6.02. The summed E-state index contributed by atoms with van der Waals surface area (Å²) in [5, 5.41) is 6.79. The second-order valence-electron chi connectivity index (χ2n) is 6.90. The highest BCUT2D eigenvalue weighted by molar-refractivity contribution is 5.82. The van der Waals surface area contributed by atoms with E-state index in [2.05, 4.69) is 20.2 Å². The molecule has 152 valence electrons. The van der Waals surface area contributed by atoms with Crippen LogP contribution < -0.4 is 15.4 Å². The molecule has 1 aliphatic rings. The van der Waals surface area contributed by atoms with Crippen molar-refractivity contribution >= 4 is 17.0 Å². The van der Waals surface area contributed by atoms with Gasteiger partial charge in [-0.2, -0.15) is 0 Å². The van der Waals surface area contributed by atoms with E-state index in [9.17, 15) is 9.18 Å². The number of rotatable bonds is 6. The predicted octanol–water partition coefficient (Wildman–Crippen LogP) is 2.84. The van der Waals surface area contributed by atoms with Gasteiger partial charge in [-0.15, -0.1) is 0 Å². The highest BCUT2D eigenvalue weighted by Crippen LogP contribution is 2.23. The van der Waals surface area contributed by atoms with Crippen LogP contribution in [0.4, 0.5) is 9.18 Å². The lowest BCUT2D eigenvalue weighted by atomic mass is 10.1. The molecule has 8 heteroatoms. The van der Waals surface area contributed by atoms with E-state index in [0.29, 0.717) is 30.9 Å². The summed E-state index contributed by atoms with van der Waals surface area (Å²) in [7, 11) is 0. The van der Waals surface area contributed by atoms with Crippen molar-refractivity contribution in [2.45, 2.75) is 25.6 Å². The minimum Gasteiger partial charge on any atom is -0.410 e. The molecule has 3 heterocycles. The Morgan fingerprint density at radius 2 is 2.31 bits per heavy atom. The van der Waals surface area contributed by atoms with Crippen molar-refractivity contribution in [3.05, 3.63) is 60.3 Å². The van der Waals surface area contributed by atoms with Crippen LogP contribution in [0, 0.1) is 5.82 Å². The van der Waals surface area contributed by atoms with Gasteiger partial charge in [-0.1, -0.05) is 0 Å². The number of hydrogen-bond donors (Lipinski definition) is 2. The first-order chi connectivity index (χ1) is 14.2. The first kappa shape index (κ1) is 19.4. The quantitative estimate of drug-likeness (QED) is 0.668. The molecule has 0 saturated carbocycles. The predicted molar refractivity (Wildman–Crippen MR) is 106 cm³/mol. The highest BCUT2D eigenvalue weighted by atomic mass is 19.1. The minimum atomic E-state index is -0.545. The number of benzene rings is 1. The Morgan fingerprint density at radius 3 is 3.14 bits per heavy atom. The maximum absolute atomic E-state index is 13.7. The smallest absolute Gasteiger partial charge is 0.410 e. The molecule has 0 aliphatic carbocycles. The van der Waals surface area contributed by atoms with Crippen LogP contribution in [-0.2, 0) is 17.7 Å². The van der Waals surface area contributed by atoms with Crippen molar-refractivity contribution in [3.63, 3.8) is 0 Å². The van der Waals surface area contributed by atoms with E-state index in [1.54, 1.807) is 18.3 Å². The number of fused-ring (bicyclic) bond motifs is 1. The Balaban J connectivity index is 1.34. The van der Waals surface area contributed by atoms with Crippen molar-refractivity contribution in [2.75, 3.05) is 19.7 Å². The topological polar surface area (TPSA) is 77.4 Å². The van der Waals surface area contributed by atoms with Crippen LogP contribution in [0.1, 0.15) is 12.0 Å². The zero-order valence-electron chi connectivity index (χ0n) is 15.9. The van der Waals surface area contributed by atoms with E-state index < -0.39 is 6.09 Å². The summed E-state index contributed by atoms with van der Waals surface area (Å²) in [5.74, 6) is 0.203. The van der Waals surface area contributed by atoms with E-state index in [0.717, 1.165) is 30.4 Å². The molecule has 0 bridgehead atoms. The third-order valence-electron chi connectivity index (χ3n) is 4.86. The average molecular weight is 398 g/mol. The van der Waals surface area contributed by atoms with E-state index in [1.165, 1.54) is 6.20 Å². The summed E-state index contributed by atoms with van der Waals surface area (Å²) in [6.07, 6.45) is 5.36. The number of halogens is 1. The Hall–Kier alpha value is -2.97. The molecule has 1 aliphatic heterocycles. The van der Waals surface area contributed by atoms with Crippen LogP contribution in [0.25, 0.3) is 10.9 Å². The number of pyridine rings is 1. The highest BCUT2D eigenvalue weighted by Gasteiger charge is 2.17. The molecule has 2 N–H and O–H groups in total. The van der Waals surface area contributed by atoms with Crippen molar-refractivity contribution in [1.82, 2.24) is 20.2 Å². The summed E-state index contributed by atoms with van der Waals surface area (Å²) >= 11 is 0. The zero-order chi connectivity index (χ0) is 20.1. The fourth-order valence-corrected chi connectivity index (χ4v) is 3.41. The van der Waals surface area contributed by atoms with Crippen molar-refractivity contribution < 1.29 is 18.7 Å². The second kappa shape index (κ2) is 9.02. The van der Waals surface area contributed by atoms with Crippen molar-refractivity contribution in [1.29, 1.82) is 0 Å². The fourth-order valence-electron chi connectivity index (χ4n) is 3.41. The lowest BCUT2D eigenvalue weighted by Gasteiger charge is -2.23. The summed E-state index contributed by atoms with van der Waals surface area (Å²) in [4.78, 5) is 15.8. The molecule has 0 spiro atoms. The number of nitrogens with zero attached hydrogens (tertiary/aromatic N) is 2. The fraction of sp³-hybridized carbons (Fsp3) is 0.333. The molecule has 29 heavy (non-hydrogen) atoms. The number of aryl methyl sites for hydroxylation is 2. The normalized spacial score (nSPS) is 16.7. The number of ether oxygens (including phenoxy) is 2. The molecule has 7 nitrogen and oxygen atoms in total. The van der Waals surface area contributed by atoms with Crippen LogP contribution in [0.2, 0.25) is 0 Å². The lowest BCUT2D eigenvalue weighted by molar-refractivity contribution is 0.0105. The Morgan fingerprint density at radius 1 is 1.38 bits per heavy atom. The van der Waals surface area contributed by atoms with Gasteiger partial charge in [0.05, 0.1) is 12.8 Å². The van der Waals surface area contributed by atoms with Crippen LogP contribution in [0.15, 0.2) is 48.9 Å². The van der Waals surface area contributed by atoms with Gasteiger partial charge in [-0.05, 0) is 48.7 Å². The van der Waals surface area contributed by atoms with Gasteiger partial charge < -0.3 is 19.4 Å². The second-order valence-corrected chi connectivity index (χ2v) is 6.90. The summed E-state index contributed by atoms with van der Waals surface area (Å²) in [6, 6.07) is 9.20. The molecule has 1 aromatic carbocycles. The van der Waals surface area contributed by atoms with Gasteiger partial charge in [-0.3, -0.25) is 10.3 Å². The molecule has 1 amide bonds. The van der Waals surface area contributed by atoms with Gasteiger partial charge in [0.15, 0.2) is 0 Å². The van der Waals surface area contributed by atoms with Crippen LogP contribution in [-0.4, -0.2) is 41.6 Å². The molecule has 1 fully saturated rings. The number of nitrogens with one attached hydrogen (secondary N) is 2. The molecular formula is C21H23FN4O3. The van der Waals surface area contributed by atoms with Crippen molar-refractivity contribution in [2.24, 2.45) is 0 Å². The zero-order valence-corrected chi connectivity index (χ0v) is 15.9. The van der Waals surface area contributed by atoms with E-state index in [1.807, 2.05) is 24.4 Å². The Bertz CT molecular complexity index is 985. The van der Waals surface area contributed by atoms with Gasteiger partial charge in [0.1, 0.15) is 17.8 Å². The molecule has 2 aromatic heterocycles. The van der Waals surface area contributed by atoms with Gasteiger partial charge in [0.25, 0.3) is 0 Å². The number of amides is 1. The molecular weight excluding hydrogens is 375 g/mol. The number of morpholine rings is 1. The number of hydrogen-bond acceptors (Lipinski definition) is 5. The minimum absolute atomic E-state index is 0.265. The van der Waals surface area contributed by atoms with Gasteiger partial charge >= 0.3 is 6.09 Å². The average Bonchev–Trinajstić information content (AvgIpc) is 3.12. The number of carbonyl (C=O) groups excluding carboxylic acids is 1. The van der Waals surface area contributed by atoms with Crippen LogP contribution in [0.3, 0.4) is 0 Å². The molecule has 1 saturated heterocycles. The lowest BCUT2D eigenvalue weighted by Crippen LogP contribution is -2.49.